The van der Waals surface area contributed by atoms with Crippen LogP contribution in [0.5, 0.6) is 0 Å². The molecule has 0 aliphatic carbocycles. The lowest BCUT2D eigenvalue weighted by molar-refractivity contribution is -0.114. The number of anilines is 2. The molecule has 2 rings (SSSR count). The van der Waals surface area contributed by atoms with Crippen LogP contribution < -0.4 is 10.6 Å². The Morgan fingerprint density at radius 1 is 0.905 bits per heavy atom. The fourth-order valence-electron chi connectivity index (χ4n) is 1.85. The fourth-order valence-corrected chi connectivity index (χ4v) is 1.85. The van der Waals surface area contributed by atoms with Crippen molar-refractivity contribution in [3.63, 3.8) is 0 Å². The van der Waals surface area contributed by atoms with E-state index in [1.165, 1.54) is 12.5 Å². The second-order valence-corrected chi connectivity index (χ2v) is 4.90. The molecule has 2 aromatic carbocycles. The minimum Gasteiger partial charge on any atom is -0.376 e. The summed E-state index contributed by atoms with van der Waals surface area (Å²) >= 11 is 0. The number of carbonyl (C=O) groups is 2. The smallest absolute Gasteiger partial charge is 0.243 e. The van der Waals surface area contributed by atoms with Gasteiger partial charge in [-0.05, 0) is 50.2 Å². The quantitative estimate of drug-likeness (QED) is 0.828. The molecule has 0 spiro atoms. The van der Waals surface area contributed by atoms with E-state index in [1.54, 1.807) is 24.3 Å². The lowest BCUT2D eigenvalue weighted by Crippen LogP contribution is -2.21. The lowest BCUT2D eigenvalue weighted by atomic mass is 10.1. The van der Waals surface area contributed by atoms with Crippen LogP contribution in [0.15, 0.2) is 48.5 Å². The first kappa shape index (κ1) is 14.8. The van der Waals surface area contributed by atoms with E-state index in [1.807, 2.05) is 31.2 Å². The summed E-state index contributed by atoms with van der Waals surface area (Å²) in [5.41, 5.74) is 3.39. The summed E-state index contributed by atoms with van der Waals surface area (Å²) in [5.74, 6) is -0.125. The van der Waals surface area contributed by atoms with Crippen molar-refractivity contribution in [3.05, 3.63) is 59.7 Å². The van der Waals surface area contributed by atoms with Gasteiger partial charge in [-0.1, -0.05) is 17.7 Å². The number of amides is 1. The highest BCUT2D eigenvalue weighted by atomic mass is 16.2. The van der Waals surface area contributed by atoms with Crippen LogP contribution in [0.3, 0.4) is 0 Å². The van der Waals surface area contributed by atoms with Crippen molar-refractivity contribution < 1.29 is 9.59 Å². The number of Topliss-reactive ketones (excluding diaryl/α,β-unsaturated/α-hetero) is 1. The highest BCUT2D eigenvalue weighted by Crippen LogP contribution is 2.11. The minimum atomic E-state index is -0.133. The molecule has 0 aromatic heterocycles. The molecule has 21 heavy (non-hydrogen) atoms. The van der Waals surface area contributed by atoms with E-state index in [0.29, 0.717) is 11.3 Å². The van der Waals surface area contributed by atoms with Gasteiger partial charge in [-0.3, -0.25) is 9.59 Å². The Hall–Kier alpha value is -2.62. The number of nitrogens with one attached hydrogen (secondary N) is 2. The normalized spacial score (nSPS) is 10.0. The molecule has 0 heterocycles. The molecule has 2 aromatic rings. The van der Waals surface area contributed by atoms with Crippen LogP contribution in [0.1, 0.15) is 22.8 Å². The summed E-state index contributed by atoms with van der Waals surface area (Å²) in [7, 11) is 0. The summed E-state index contributed by atoms with van der Waals surface area (Å²) in [5, 5.41) is 5.83. The van der Waals surface area contributed by atoms with Gasteiger partial charge in [0.25, 0.3) is 0 Å². The maximum atomic E-state index is 11.8. The van der Waals surface area contributed by atoms with E-state index >= 15 is 0 Å². The SMILES string of the molecule is CC(=O)c1ccc(NC(=O)CNc2ccc(C)cc2)cc1. The van der Waals surface area contributed by atoms with Crippen molar-refractivity contribution in [2.75, 3.05) is 17.2 Å². The van der Waals surface area contributed by atoms with Gasteiger partial charge < -0.3 is 10.6 Å². The van der Waals surface area contributed by atoms with E-state index < -0.39 is 0 Å². The van der Waals surface area contributed by atoms with Crippen molar-refractivity contribution in [2.45, 2.75) is 13.8 Å². The molecule has 0 aliphatic heterocycles. The van der Waals surface area contributed by atoms with E-state index in [-0.39, 0.29) is 18.2 Å². The molecule has 4 heteroatoms. The second-order valence-electron chi connectivity index (χ2n) is 4.90. The molecule has 0 radical (unpaired) electrons. The van der Waals surface area contributed by atoms with E-state index in [0.717, 1.165) is 5.69 Å². The first-order chi connectivity index (χ1) is 10.0. The third-order valence-electron chi connectivity index (χ3n) is 3.08. The minimum absolute atomic E-state index is 0.00825. The Morgan fingerprint density at radius 2 is 1.48 bits per heavy atom. The molecule has 0 saturated carbocycles. The second kappa shape index (κ2) is 6.70. The average molecular weight is 282 g/mol. The highest BCUT2D eigenvalue weighted by molar-refractivity contribution is 5.96. The van der Waals surface area contributed by atoms with Gasteiger partial charge >= 0.3 is 0 Å². The number of aryl methyl sites for hydroxylation is 1. The molecule has 0 unspecified atom stereocenters. The predicted octanol–water partition coefficient (Wildman–Crippen LogP) is 3.25. The third-order valence-corrected chi connectivity index (χ3v) is 3.08. The molecule has 0 saturated heterocycles. The van der Waals surface area contributed by atoms with E-state index in [2.05, 4.69) is 10.6 Å². The lowest BCUT2D eigenvalue weighted by Gasteiger charge is -2.08. The Bertz CT molecular complexity index is 631. The summed E-state index contributed by atoms with van der Waals surface area (Å²) in [4.78, 5) is 23.0. The Labute approximate surface area is 124 Å². The average Bonchev–Trinajstić information content (AvgIpc) is 2.47. The zero-order valence-corrected chi connectivity index (χ0v) is 12.1. The third kappa shape index (κ3) is 4.45. The van der Waals surface area contributed by atoms with Gasteiger partial charge in [0.1, 0.15) is 0 Å². The van der Waals surface area contributed by atoms with Gasteiger partial charge in [0.05, 0.1) is 6.54 Å². The van der Waals surface area contributed by atoms with E-state index in [4.69, 9.17) is 0 Å². The fraction of sp³-hybridized carbons (Fsp3) is 0.176. The standard InChI is InChI=1S/C17H18N2O2/c1-12-3-7-15(8-4-12)18-11-17(21)19-16-9-5-14(6-10-16)13(2)20/h3-10,18H,11H2,1-2H3,(H,19,21). The molecule has 0 atom stereocenters. The van der Waals surface area contributed by atoms with Crippen molar-refractivity contribution in [3.8, 4) is 0 Å². The number of hydrogen-bond acceptors (Lipinski definition) is 3. The van der Waals surface area contributed by atoms with Crippen LogP contribution in [-0.4, -0.2) is 18.2 Å². The zero-order chi connectivity index (χ0) is 15.2. The monoisotopic (exact) mass is 282 g/mol. The van der Waals surface area contributed by atoms with Gasteiger partial charge in [-0.2, -0.15) is 0 Å². The summed E-state index contributed by atoms with van der Waals surface area (Å²) in [6.07, 6.45) is 0. The van der Waals surface area contributed by atoms with Crippen LogP contribution in [0.25, 0.3) is 0 Å². The summed E-state index contributed by atoms with van der Waals surface area (Å²) < 4.78 is 0. The Balaban J connectivity index is 1.86. The van der Waals surface area contributed by atoms with Gasteiger partial charge in [-0.15, -0.1) is 0 Å². The molecule has 0 bridgehead atoms. The van der Waals surface area contributed by atoms with Crippen LogP contribution in [0.4, 0.5) is 11.4 Å². The summed E-state index contributed by atoms with van der Waals surface area (Å²) in [6, 6.07) is 14.7. The number of benzene rings is 2. The number of rotatable bonds is 5. The van der Waals surface area contributed by atoms with Gasteiger partial charge in [0.15, 0.2) is 5.78 Å². The van der Waals surface area contributed by atoms with Gasteiger partial charge in [0, 0.05) is 16.9 Å². The first-order valence-electron chi connectivity index (χ1n) is 6.76. The molecule has 108 valence electrons. The summed E-state index contributed by atoms with van der Waals surface area (Å²) in [6.45, 7) is 3.72. The first-order valence-corrected chi connectivity index (χ1v) is 6.76. The maximum Gasteiger partial charge on any atom is 0.243 e. The zero-order valence-electron chi connectivity index (χ0n) is 12.1. The van der Waals surface area contributed by atoms with Crippen LogP contribution in [0, 0.1) is 6.92 Å². The molecule has 0 fully saturated rings. The molecule has 4 nitrogen and oxygen atoms in total. The molecule has 0 aliphatic rings. The molecule has 1 amide bonds. The number of hydrogen-bond donors (Lipinski definition) is 2. The topological polar surface area (TPSA) is 58.2 Å². The largest absolute Gasteiger partial charge is 0.376 e. The van der Waals surface area contributed by atoms with Crippen molar-refractivity contribution >= 4 is 23.1 Å². The van der Waals surface area contributed by atoms with Crippen LogP contribution in [-0.2, 0) is 4.79 Å². The Kier molecular flexibility index (Phi) is 4.72. The van der Waals surface area contributed by atoms with Crippen LogP contribution >= 0.6 is 0 Å². The predicted molar refractivity (Wildman–Crippen MR) is 84.7 cm³/mol. The van der Waals surface area contributed by atoms with E-state index in [9.17, 15) is 9.59 Å². The maximum absolute atomic E-state index is 11.8. The van der Waals surface area contributed by atoms with Crippen molar-refractivity contribution in [2.24, 2.45) is 0 Å². The highest BCUT2D eigenvalue weighted by Gasteiger charge is 2.03. The van der Waals surface area contributed by atoms with Crippen molar-refractivity contribution in [1.82, 2.24) is 0 Å². The molecular formula is C17H18N2O2. The molecule has 2 N–H and O–H groups in total. The van der Waals surface area contributed by atoms with Crippen molar-refractivity contribution in [1.29, 1.82) is 0 Å². The van der Waals surface area contributed by atoms with Gasteiger partial charge in [-0.25, -0.2) is 0 Å². The van der Waals surface area contributed by atoms with Gasteiger partial charge in [0.2, 0.25) is 5.91 Å². The number of ketones is 1. The molecular weight excluding hydrogens is 264 g/mol. The van der Waals surface area contributed by atoms with Crippen LogP contribution in [0.2, 0.25) is 0 Å². The Morgan fingerprint density at radius 3 is 2.05 bits per heavy atom. The number of carbonyl (C=O) groups excluding carboxylic acids is 2.